The molecule has 0 amide bonds. The number of hydrogen-bond acceptors (Lipinski definition) is 6. The van der Waals surface area contributed by atoms with Gasteiger partial charge in [-0.15, -0.1) is 0 Å². The second-order valence-electron chi connectivity index (χ2n) is 3.03. The molecule has 0 aliphatic rings. The third kappa shape index (κ3) is 1.10. The molecular formula is C8H4N6O2. The summed E-state index contributed by atoms with van der Waals surface area (Å²) in [5.74, 6) is 0. The van der Waals surface area contributed by atoms with Gasteiger partial charge in [0.25, 0.3) is 11.1 Å². The van der Waals surface area contributed by atoms with Crippen LogP contribution in [0.3, 0.4) is 0 Å². The van der Waals surface area contributed by atoms with E-state index in [1.807, 2.05) is 0 Å². The van der Waals surface area contributed by atoms with E-state index in [4.69, 9.17) is 0 Å². The second-order valence-corrected chi connectivity index (χ2v) is 3.03. The molecule has 0 radical (unpaired) electrons. The quantitative estimate of drug-likeness (QED) is 0.463. The standard InChI is InChI=1S/C8H4N6O2/c15-7-3-5(9-1-11-7)13-4-6(14-3)10-2-12-8(4)16/h1-2H,(H,9,11,13,15)(H,10,12,14,16). The van der Waals surface area contributed by atoms with Crippen molar-refractivity contribution in [3.05, 3.63) is 33.4 Å². The van der Waals surface area contributed by atoms with Crippen molar-refractivity contribution in [1.29, 1.82) is 0 Å². The zero-order valence-corrected chi connectivity index (χ0v) is 7.76. The molecule has 0 unspecified atom stereocenters. The number of H-pyrrole nitrogens is 2. The predicted molar refractivity (Wildman–Crippen MR) is 53.9 cm³/mol. The van der Waals surface area contributed by atoms with E-state index < -0.39 is 11.1 Å². The van der Waals surface area contributed by atoms with Crippen LogP contribution in [0.15, 0.2) is 22.2 Å². The smallest absolute Gasteiger partial charge is 0.278 e. The van der Waals surface area contributed by atoms with Crippen LogP contribution in [-0.2, 0) is 0 Å². The fourth-order valence-electron chi connectivity index (χ4n) is 1.34. The number of aromatic amines is 2. The summed E-state index contributed by atoms with van der Waals surface area (Å²) in [6, 6.07) is 0. The van der Waals surface area contributed by atoms with Gasteiger partial charge in [0, 0.05) is 0 Å². The van der Waals surface area contributed by atoms with Crippen LogP contribution in [0.5, 0.6) is 0 Å². The molecule has 0 atom stereocenters. The molecule has 0 saturated heterocycles. The van der Waals surface area contributed by atoms with Crippen LogP contribution in [-0.4, -0.2) is 29.9 Å². The van der Waals surface area contributed by atoms with E-state index in [9.17, 15) is 9.59 Å². The molecule has 3 aromatic heterocycles. The minimum absolute atomic E-state index is 0.0631. The first-order chi connectivity index (χ1) is 7.75. The fraction of sp³-hybridized carbons (Fsp3) is 0. The molecule has 0 aliphatic carbocycles. The van der Waals surface area contributed by atoms with Crippen molar-refractivity contribution in [1.82, 2.24) is 29.9 Å². The number of aromatic nitrogens is 6. The lowest BCUT2D eigenvalue weighted by Crippen LogP contribution is -2.14. The maximum absolute atomic E-state index is 11.4. The zero-order chi connectivity index (χ0) is 11.1. The summed E-state index contributed by atoms with van der Waals surface area (Å²) in [7, 11) is 0. The predicted octanol–water partition coefficient (Wildman–Crippen LogP) is -1.05. The molecular weight excluding hydrogens is 212 g/mol. The Morgan fingerprint density at radius 3 is 1.69 bits per heavy atom. The summed E-state index contributed by atoms with van der Waals surface area (Å²) < 4.78 is 0. The molecule has 3 heterocycles. The minimum Gasteiger partial charge on any atom is -0.311 e. The average molecular weight is 216 g/mol. The highest BCUT2D eigenvalue weighted by Gasteiger charge is 2.08. The van der Waals surface area contributed by atoms with E-state index >= 15 is 0 Å². The van der Waals surface area contributed by atoms with Gasteiger partial charge in [0.2, 0.25) is 0 Å². The van der Waals surface area contributed by atoms with Crippen LogP contribution >= 0.6 is 0 Å². The van der Waals surface area contributed by atoms with Crippen LogP contribution in [0, 0.1) is 0 Å². The lowest BCUT2D eigenvalue weighted by Gasteiger charge is -1.96. The first-order valence-corrected chi connectivity index (χ1v) is 4.34. The fourth-order valence-corrected chi connectivity index (χ4v) is 1.34. The first kappa shape index (κ1) is 8.65. The van der Waals surface area contributed by atoms with Gasteiger partial charge < -0.3 is 9.97 Å². The molecule has 0 saturated carbocycles. The molecule has 8 heteroatoms. The van der Waals surface area contributed by atoms with E-state index in [2.05, 4.69) is 29.9 Å². The number of hydrogen-bond donors (Lipinski definition) is 2. The minimum atomic E-state index is -0.415. The van der Waals surface area contributed by atoms with Gasteiger partial charge in [-0.1, -0.05) is 0 Å². The molecule has 0 bridgehead atoms. The van der Waals surface area contributed by atoms with Crippen molar-refractivity contribution < 1.29 is 0 Å². The number of fused-ring (bicyclic) bond motifs is 2. The van der Waals surface area contributed by atoms with Crippen molar-refractivity contribution >= 4 is 22.3 Å². The maximum Gasteiger partial charge on any atom is 0.278 e. The molecule has 0 aliphatic heterocycles. The summed E-state index contributed by atoms with van der Waals surface area (Å²) >= 11 is 0. The Balaban J connectivity index is 2.65. The Morgan fingerprint density at radius 2 is 1.25 bits per heavy atom. The number of nitrogens with zero attached hydrogens (tertiary/aromatic N) is 4. The lowest BCUT2D eigenvalue weighted by atomic mass is 10.4. The van der Waals surface area contributed by atoms with Crippen LogP contribution in [0.4, 0.5) is 0 Å². The van der Waals surface area contributed by atoms with Crippen molar-refractivity contribution in [2.24, 2.45) is 0 Å². The van der Waals surface area contributed by atoms with Gasteiger partial charge in [0.15, 0.2) is 22.3 Å². The Morgan fingerprint density at radius 1 is 0.812 bits per heavy atom. The Labute approximate surface area is 86.4 Å². The van der Waals surface area contributed by atoms with E-state index in [0.717, 1.165) is 0 Å². The highest BCUT2D eigenvalue weighted by Crippen LogP contribution is 2.03. The van der Waals surface area contributed by atoms with Gasteiger partial charge in [-0.3, -0.25) is 9.59 Å². The topological polar surface area (TPSA) is 117 Å². The second kappa shape index (κ2) is 2.92. The Hall–Kier alpha value is -2.64. The van der Waals surface area contributed by atoms with Crippen LogP contribution in [0.1, 0.15) is 0 Å². The zero-order valence-electron chi connectivity index (χ0n) is 7.76. The van der Waals surface area contributed by atoms with Crippen molar-refractivity contribution in [2.45, 2.75) is 0 Å². The largest absolute Gasteiger partial charge is 0.311 e. The molecule has 0 aromatic carbocycles. The highest BCUT2D eigenvalue weighted by molar-refractivity contribution is 5.80. The summed E-state index contributed by atoms with van der Waals surface area (Å²) in [4.78, 5) is 43.1. The summed E-state index contributed by atoms with van der Waals surface area (Å²) in [5, 5.41) is 0. The van der Waals surface area contributed by atoms with Crippen molar-refractivity contribution in [3.8, 4) is 0 Å². The van der Waals surface area contributed by atoms with Gasteiger partial charge >= 0.3 is 0 Å². The molecule has 3 rings (SSSR count). The molecule has 3 aromatic rings. The molecule has 0 spiro atoms. The summed E-state index contributed by atoms with van der Waals surface area (Å²) in [6.45, 7) is 0. The first-order valence-electron chi connectivity index (χ1n) is 4.34. The van der Waals surface area contributed by atoms with E-state index in [1.54, 1.807) is 0 Å². The molecule has 8 nitrogen and oxygen atoms in total. The maximum atomic E-state index is 11.4. The molecule has 16 heavy (non-hydrogen) atoms. The van der Waals surface area contributed by atoms with E-state index in [1.165, 1.54) is 12.7 Å². The van der Waals surface area contributed by atoms with Gasteiger partial charge in [-0.2, -0.15) is 0 Å². The van der Waals surface area contributed by atoms with Gasteiger partial charge in [-0.25, -0.2) is 19.9 Å². The van der Waals surface area contributed by atoms with Crippen LogP contribution in [0.2, 0.25) is 0 Å². The van der Waals surface area contributed by atoms with Crippen molar-refractivity contribution in [3.63, 3.8) is 0 Å². The number of rotatable bonds is 0. The van der Waals surface area contributed by atoms with Gasteiger partial charge in [0.05, 0.1) is 12.7 Å². The Kier molecular flexibility index (Phi) is 1.58. The Bertz CT molecular complexity index is 735. The molecule has 78 valence electrons. The highest BCUT2D eigenvalue weighted by atomic mass is 16.1. The third-order valence-corrected chi connectivity index (χ3v) is 2.05. The van der Waals surface area contributed by atoms with E-state index in [-0.39, 0.29) is 22.3 Å². The van der Waals surface area contributed by atoms with Gasteiger partial charge in [0.1, 0.15) is 0 Å². The van der Waals surface area contributed by atoms with Crippen LogP contribution < -0.4 is 11.1 Å². The van der Waals surface area contributed by atoms with Gasteiger partial charge in [-0.05, 0) is 0 Å². The monoisotopic (exact) mass is 216 g/mol. The summed E-state index contributed by atoms with van der Waals surface area (Å²) in [6.07, 6.45) is 2.41. The molecule has 0 fully saturated rings. The average Bonchev–Trinajstić information content (AvgIpc) is 2.29. The van der Waals surface area contributed by atoms with Crippen LogP contribution in [0.25, 0.3) is 22.3 Å². The number of nitrogens with one attached hydrogen (secondary N) is 2. The normalized spacial score (nSPS) is 11.0. The lowest BCUT2D eigenvalue weighted by molar-refractivity contribution is 1.09. The third-order valence-electron chi connectivity index (χ3n) is 2.05. The summed E-state index contributed by atoms with van der Waals surface area (Å²) in [5.41, 5.74) is -0.464. The molecule has 2 N–H and O–H groups in total. The van der Waals surface area contributed by atoms with E-state index in [0.29, 0.717) is 0 Å². The van der Waals surface area contributed by atoms with Crippen molar-refractivity contribution in [2.75, 3.05) is 0 Å². The SMILES string of the molecule is O=c1[nH]cnc2nc3c(=O)[nH]cnc3nc12.